The summed E-state index contributed by atoms with van der Waals surface area (Å²) in [6.45, 7) is 0.319. The van der Waals surface area contributed by atoms with Crippen LogP contribution in [0.3, 0.4) is 0 Å². The summed E-state index contributed by atoms with van der Waals surface area (Å²) in [5.41, 5.74) is 4.09. The average molecular weight is 407 g/mol. The van der Waals surface area contributed by atoms with Crippen molar-refractivity contribution >= 4 is 11.6 Å². The van der Waals surface area contributed by atoms with E-state index >= 15 is 0 Å². The predicted octanol–water partition coefficient (Wildman–Crippen LogP) is 5.69. The number of H-pyrrole nitrogens is 1. The Hall–Kier alpha value is -3.44. The van der Waals surface area contributed by atoms with Gasteiger partial charge in [-0.05, 0) is 35.9 Å². The van der Waals surface area contributed by atoms with Crippen molar-refractivity contribution in [2.45, 2.75) is 6.61 Å². The Morgan fingerprint density at radius 2 is 1.72 bits per heavy atom. The van der Waals surface area contributed by atoms with Crippen LogP contribution in [0, 0.1) is 0 Å². The second-order valence-corrected chi connectivity index (χ2v) is 6.85. The number of aromatic hydroxyl groups is 1. The highest BCUT2D eigenvalue weighted by Crippen LogP contribution is 2.37. The Labute approximate surface area is 173 Å². The van der Waals surface area contributed by atoms with Crippen molar-refractivity contribution in [1.82, 2.24) is 10.2 Å². The number of benzene rings is 3. The molecule has 0 aliphatic rings. The van der Waals surface area contributed by atoms with Crippen molar-refractivity contribution in [3.63, 3.8) is 0 Å². The number of rotatable bonds is 6. The van der Waals surface area contributed by atoms with Crippen LogP contribution in [0.1, 0.15) is 5.56 Å². The van der Waals surface area contributed by atoms with E-state index in [4.69, 9.17) is 21.1 Å². The summed E-state index contributed by atoms with van der Waals surface area (Å²) < 4.78 is 11.0. The number of nitrogens with one attached hydrogen (secondary N) is 1. The van der Waals surface area contributed by atoms with E-state index in [9.17, 15) is 5.11 Å². The SMILES string of the molecule is COc1ccc(-c2cn[nH]c2-c2ccc(OCc3ccccc3Cl)cc2O)cc1. The monoisotopic (exact) mass is 406 g/mol. The van der Waals surface area contributed by atoms with Crippen molar-refractivity contribution < 1.29 is 14.6 Å². The molecule has 4 aromatic rings. The maximum atomic E-state index is 10.6. The fraction of sp³-hybridized carbons (Fsp3) is 0.0870. The van der Waals surface area contributed by atoms with Crippen molar-refractivity contribution in [1.29, 1.82) is 0 Å². The second-order valence-electron chi connectivity index (χ2n) is 6.45. The maximum Gasteiger partial charge on any atom is 0.128 e. The van der Waals surface area contributed by atoms with Crippen LogP contribution in [-0.4, -0.2) is 22.4 Å². The van der Waals surface area contributed by atoms with Crippen molar-refractivity contribution in [2.24, 2.45) is 0 Å². The molecule has 29 heavy (non-hydrogen) atoms. The molecule has 0 atom stereocenters. The number of halogens is 1. The van der Waals surface area contributed by atoms with E-state index in [0.717, 1.165) is 28.1 Å². The second kappa shape index (κ2) is 8.29. The first-order valence-electron chi connectivity index (χ1n) is 9.03. The minimum Gasteiger partial charge on any atom is -0.507 e. The standard InChI is InChI=1S/C23H19ClN2O3/c1-28-17-8-6-15(7-9-17)20-13-25-26-23(20)19-11-10-18(12-22(19)27)29-14-16-4-2-3-5-21(16)24/h2-13,27H,14H2,1H3,(H,25,26). The Kier molecular flexibility index (Phi) is 5.40. The van der Waals surface area contributed by atoms with E-state index in [0.29, 0.717) is 22.9 Å². The minimum absolute atomic E-state index is 0.0978. The molecule has 0 radical (unpaired) electrons. The molecule has 0 saturated heterocycles. The quantitative estimate of drug-likeness (QED) is 0.431. The zero-order valence-corrected chi connectivity index (χ0v) is 16.5. The number of phenols is 1. The molecule has 3 aromatic carbocycles. The average Bonchev–Trinajstić information content (AvgIpc) is 3.23. The van der Waals surface area contributed by atoms with Gasteiger partial charge in [-0.1, -0.05) is 41.9 Å². The normalized spacial score (nSPS) is 10.7. The molecule has 0 spiro atoms. The maximum absolute atomic E-state index is 10.6. The fourth-order valence-corrected chi connectivity index (χ4v) is 3.26. The van der Waals surface area contributed by atoms with Crippen LogP contribution in [0.5, 0.6) is 17.2 Å². The van der Waals surface area contributed by atoms with Crippen LogP contribution in [0.4, 0.5) is 0 Å². The summed E-state index contributed by atoms with van der Waals surface area (Å²) in [6, 6.07) is 20.4. The molecule has 6 heteroatoms. The van der Waals surface area contributed by atoms with Crippen molar-refractivity contribution in [3.8, 4) is 39.6 Å². The van der Waals surface area contributed by atoms with Crippen LogP contribution >= 0.6 is 11.6 Å². The lowest BCUT2D eigenvalue weighted by Gasteiger charge is -2.11. The number of phenolic OH excluding ortho intramolecular Hbond substituents is 1. The van der Waals surface area contributed by atoms with Gasteiger partial charge in [0, 0.05) is 27.8 Å². The third-order valence-electron chi connectivity index (χ3n) is 4.63. The zero-order chi connectivity index (χ0) is 20.2. The highest BCUT2D eigenvalue weighted by atomic mass is 35.5. The molecule has 0 unspecified atom stereocenters. The number of hydrogen-bond acceptors (Lipinski definition) is 4. The molecule has 0 amide bonds. The summed E-state index contributed by atoms with van der Waals surface area (Å²) in [5, 5.41) is 18.4. The highest BCUT2D eigenvalue weighted by Gasteiger charge is 2.14. The topological polar surface area (TPSA) is 67.4 Å². The first kappa shape index (κ1) is 18.9. The van der Waals surface area contributed by atoms with Gasteiger partial charge in [0.1, 0.15) is 23.9 Å². The molecule has 5 nitrogen and oxygen atoms in total. The molecule has 1 heterocycles. The molecule has 1 aromatic heterocycles. The lowest BCUT2D eigenvalue weighted by molar-refractivity contribution is 0.304. The lowest BCUT2D eigenvalue weighted by atomic mass is 10.0. The molecule has 4 rings (SSSR count). The number of nitrogens with zero attached hydrogens (tertiary/aromatic N) is 1. The molecular formula is C23H19ClN2O3. The van der Waals surface area contributed by atoms with Crippen molar-refractivity contribution in [3.05, 3.63) is 83.5 Å². The van der Waals surface area contributed by atoms with E-state index in [-0.39, 0.29) is 5.75 Å². The third kappa shape index (κ3) is 4.05. The lowest BCUT2D eigenvalue weighted by Crippen LogP contribution is -1.96. The largest absolute Gasteiger partial charge is 0.507 e. The van der Waals surface area contributed by atoms with Gasteiger partial charge in [-0.25, -0.2) is 0 Å². The predicted molar refractivity (Wildman–Crippen MR) is 113 cm³/mol. The molecule has 146 valence electrons. The van der Waals surface area contributed by atoms with Gasteiger partial charge in [0.25, 0.3) is 0 Å². The summed E-state index contributed by atoms with van der Waals surface area (Å²) in [6.07, 6.45) is 1.73. The van der Waals surface area contributed by atoms with Gasteiger partial charge in [0.2, 0.25) is 0 Å². The van der Waals surface area contributed by atoms with E-state index in [1.807, 2.05) is 54.6 Å². The van der Waals surface area contributed by atoms with Crippen LogP contribution in [0.15, 0.2) is 72.9 Å². The number of methoxy groups -OCH3 is 1. The van der Waals surface area contributed by atoms with Gasteiger partial charge >= 0.3 is 0 Å². The van der Waals surface area contributed by atoms with Gasteiger partial charge in [0.15, 0.2) is 0 Å². The van der Waals surface area contributed by atoms with Crippen LogP contribution in [-0.2, 0) is 6.61 Å². The van der Waals surface area contributed by atoms with E-state index < -0.39 is 0 Å². The van der Waals surface area contributed by atoms with Crippen molar-refractivity contribution in [2.75, 3.05) is 7.11 Å². The number of aromatic nitrogens is 2. The summed E-state index contributed by atoms with van der Waals surface area (Å²) >= 11 is 6.16. The Morgan fingerprint density at radius 3 is 2.45 bits per heavy atom. The van der Waals surface area contributed by atoms with Gasteiger partial charge < -0.3 is 14.6 Å². The third-order valence-corrected chi connectivity index (χ3v) is 5.00. The summed E-state index contributed by atoms with van der Waals surface area (Å²) in [7, 11) is 1.63. The van der Waals surface area contributed by atoms with Crippen LogP contribution in [0.2, 0.25) is 5.02 Å². The molecular weight excluding hydrogens is 388 g/mol. The van der Waals surface area contributed by atoms with Crippen LogP contribution in [0.25, 0.3) is 22.4 Å². The fourth-order valence-electron chi connectivity index (χ4n) is 3.07. The van der Waals surface area contributed by atoms with Crippen LogP contribution < -0.4 is 9.47 Å². The van der Waals surface area contributed by atoms with E-state index in [1.165, 1.54) is 0 Å². The Morgan fingerprint density at radius 1 is 0.966 bits per heavy atom. The zero-order valence-electron chi connectivity index (χ0n) is 15.7. The Balaban J connectivity index is 1.57. The first-order valence-corrected chi connectivity index (χ1v) is 9.41. The number of hydrogen-bond donors (Lipinski definition) is 2. The van der Waals surface area contributed by atoms with Gasteiger partial charge in [0.05, 0.1) is 19.0 Å². The van der Waals surface area contributed by atoms with Gasteiger partial charge in [-0.15, -0.1) is 0 Å². The molecule has 0 fully saturated rings. The first-order chi connectivity index (χ1) is 14.2. The number of aromatic amines is 1. The molecule has 2 N–H and O–H groups in total. The molecule has 0 aliphatic heterocycles. The summed E-state index contributed by atoms with van der Waals surface area (Å²) in [5.74, 6) is 1.43. The summed E-state index contributed by atoms with van der Waals surface area (Å²) in [4.78, 5) is 0. The highest BCUT2D eigenvalue weighted by molar-refractivity contribution is 6.31. The van der Waals surface area contributed by atoms with Gasteiger partial charge in [-0.3, -0.25) is 5.10 Å². The Bertz CT molecular complexity index is 1120. The number of ether oxygens (including phenoxy) is 2. The molecule has 0 aliphatic carbocycles. The van der Waals surface area contributed by atoms with Gasteiger partial charge in [-0.2, -0.15) is 5.10 Å². The van der Waals surface area contributed by atoms with E-state index in [1.54, 1.807) is 25.4 Å². The molecule has 0 bridgehead atoms. The minimum atomic E-state index is 0.0978. The van der Waals surface area contributed by atoms with E-state index in [2.05, 4.69) is 10.2 Å². The smallest absolute Gasteiger partial charge is 0.128 e. The molecule has 0 saturated carbocycles.